The molecule has 1 aromatic carbocycles. The topological polar surface area (TPSA) is 67.9 Å². The monoisotopic (exact) mass is 428 g/mol. The summed E-state index contributed by atoms with van der Waals surface area (Å²) in [5, 5.41) is 2.71. The molecular formula is C21H27F3N2O4. The van der Waals surface area contributed by atoms with Crippen molar-refractivity contribution in [2.45, 2.75) is 50.6 Å². The molecule has 1 saturated heterocycles. The molecule has 0 unspecified atom stereocenters. The van der Waals surface area contributed by atoms with Crippen LogP contribution in [0.5, 0.6) is 0 Å². The molecule has 2 fully saturated rings. The number of halogens is 3. The maximum atomic E-state index is 13.4. The Bertz CT molecular complexity index is 786. The molecule has 1 aliphatic carbocycles. The Hall–Kier alpha value is -2.13. The van der Waals surface area contributed by atoms with Crippen molar-refractivity contribution in [1.29, 1.82) is 0 Å². The van der Waals surface area contributed by atoms with Crippen molar-refractivity contribution in [3.05, 3.63) is 35.4 Å². The molecule has 1 aromatic rings. The Morgan fingerprint density at radius 1 is 1.37 bits per heavy atom. The summed E-state index contributed by atoms with van der Waals surface area (Å²) in [6.45, 7) is 2.63. The summed E-state index contributed by atoms with van der Waals surface area (Å²) in [5.41, 5.74) is -1.99. The first kappa shape index (κ1) is 22.6. The molecule has 3 atom stereocenters. The van der Waals surface area contributed by atoms with E-state index < -0.39 is 35.3 Å². The van der Waals surface area contributed by atoms with Crippen molar-refractivity contribution in [3.8, 4) is 0 Å². The number of hydrogen-bond donors (Lipinski definition) is 1. The van der Waals surface area contributed by atoms with Crippen molar-refractivity contribution in [1.82, 2.24) is 10.2 Å². The predicted octanol–water partition coefficient (Wildman–Crippen LogP) is 3.22. The molecule has 9 heteroatoms. The average Bonchev–Trinajstić information content (AvgIpc) is 3.05. The fraction of sp³-hybridized carbons (Fsp3) is 0.619. The van der Waals surface area contributed by atoms with Crippen LogP contribution in [0.15, 0.2) is 24.3 Å². The van der Waals surface area contributed by atoms with Gasteiger partial charge in [0.1, 0.15) is 11.8 Å². The fourth-order valence-electron chi connectivity index (χ4n) is 4.37. The van der Waals surface area contributed by atoms with Crippen LogP contribution in [0.25, 0.3) is 0 Å². The average molecular weight is 428 g/mol. The number of alkyl halides is 3. The number of carbonyl (C=O) groups excluding carboxylic acids is 2. The Morgan fingerprint density at radius 2 is 2.13 bits per heavy atom. The van der Waals surface area contributed by atoms with E-state index in [2.05, 4.69) is 5.32 Å². The Morgan fingerprint density at radius 3 is 2.80 bits per heavy atom. The zero-order valence-electron chi connectivity index (χ0n) is 17.1. The van der Waals surface area contributed by atoms with Gasteiger partial charge in [-0.1, -0.05) is 19.4 Å². The standard InChI is InChI=1S/C21H27F3N2O4/c1-14-5-4-8-20(12-14)26(17(13-30-20)18(27)25-9-10-29-2)19(28)15-6-3-7-16(11-15)21(22,23)24/h3,6-7,11,14,17H,4-5,8-10,12-13H2,1-2H3,(H,25,27)/t14-,17+,20+/m1/s1. The zero-order chi connectivity index (χ0) is 21.9. The molecule has 0 aromatic heterocycles. The molecule has 166 valence electrons. The Balaban J connectivity index is 1.93. The summed E-state index contributed by atoms with van der Waals surface area (Å²) >= 11 is 0. The quantitative estimate of drug-likeness (QED) is 0.732. The molecular weight excluding hydrogens is 401 g/mol. The lowest BCUT2D eigenvalue weighted by molar-refractivity contribution is -0.137. The molecule has 0 bridgehead atoms. The number of benzene rings is 1. The van der Waals surface area contributed by atoms with Crippen molar-refractivity contribution in [2.75, 3.05) is 26.9 Å². The van der Waals surface area contributed by atoms with Gasteiger partial charge in [-0.3, -0.25) is 14.5 Å². The lowest BCUT2D eigenvalue weighted by Gasteiger charge is -2.43. The molecule has 1 aliphatic heterocycles. The second-order valence-electron chi connectivity index (χ2n) is 8.01. The number of methoxy groups -OCH3 is 1. The van der Waals surface area contributed by atoms with Gasteiger partial charge >= 0.3 is 6.18 Å². The van der Waals surface area contributed by atoms with E-state index in [1.807, 2.05) is 6.92 Å². The van der Waals surface area contributed by atoms with Crippen LogP contribution in [-0.4, -0.2) is 55.3 Å². The molecule has 1 spiro atoms. The molecule has 1 saturated carbocycles. The number of nitrogens with zero attached hydrogens (tertiary/aromatic N) is 1. The van der Waals surface area contributed by atoms with Crippen LogP contribution in [0, 0.1) is 5.92 Å². The highest BCUT2D eigenvalue weighted by Crippen LogP contribution is 2.43. The highest BCUT2D eigenvalue weighted by atomic mass is 19.4. The van der Waals surface area contributed by atoms with Crippen LogP contribution >= 0.6 is 0 Å². The van der Waals surface area contributed by atoms with Gasteiger partial charge in [-0.15, -0.1) is 0 Å². The summed E-state index contributed by atoms with van der Waals surface area (Å²) in [7, 11) is 1.51. The van der Waals surface area contributed by atoms with Crippen LogP contribution in [0.3, 0.4) is 0 Å². The molecule has 2 amide bonds. The minimum atomic E-state index is -4.56. The molecule has 3 rings (SSSR count). The largest absolute Gasteiger partial charge is 0.416 e. The molecule has 1 heterocycles. The molecule has 6 nitrogen and oxygen atoms in total. The number of rotatable bonds is 5. The van der Waals surface area contributed by atoms with Crippen LogP contribution in [0.1, 0.15) is 48.5 Å². The second-order valence-corrected chi connectivity index (χ2v) is 8.01. The van der Waals surface area contributed by atoms with E-state index in [1.165, 1.54) is 24.1 Å². The summed E-state index contributed by atoms with van der Waals surface area (Å²) < 4.78 is 50.5. The van der Waals surface area contributed by atoms with Gasteiger partial charge in [0.25, 0.3) is 5.91 Å². The number of amides is 2. The Kier molecular flexibility index (Phi) is 6.71. The third-order valence-corrected chi connectivity index (χ3v) is 5.76. The maximum Gasteiger partial charge on any atom is 0.416 e. The van der Waals surface area contributed by atoms with Crippen molar-refractivity contribution >= 4 is 11.8 Å². The van der Waals surface area contributed by atoms with Crippen LogP contribution in [0.2, 0.25) is 0 Å². The summed E-state index contributed by atoms with van der Waals surface area (Å²) in [6.07, 6.45) is -1.69. The van der Waals surface area contributed by atoms with Gasteiger partial charge in [-0.25, -0.2) is 0 Å². The molecule has 2 aliphatic rings. The highest BCUT2D eigenvalue weighted by Gasteiger charge is 2.54. The zero-order valence-corrected chi connectivity index (χ0v) is 17.1. The molecule has 30 heavy (non-hydrogen) atoms. The summed E-state index contributed by atoms with van der Waals surface area (Å²) in [6, 6.07) is 3.40. The van der Waals surface area contributed by atoms with Gasteiger partial charge in [0, 0.05) is 19.2 Å². The van der Waals surface area contributed by atoms with E-state index in [0.717, 1.165) is 25.0 Å². The minimum Gasteiger partial charge on any atom is -0.383 e. The van der Waals surface area contributed by atoms with Gasteiger partial charge in [-0.2, -0.15) is 13.2 Å². The smallest absolute Gasteiger partial charge is 0.383 e. The lowest BCUT2D eigenvalue weighted by atomic mass is 9.83. The second kappa shape index (κ2) is 8.93. The van der Waals surface area contributed by atoms with Gasteiger partial charge in [0.05, 0.1) is 18.8 Å². The van der Waals surface area contributed by atoms with E-state index >= 15 is 0 Å². The lowest BCUT2D eigenvalue weighted by Crippen LogP contribution is -2.57. The third-order valence-electron chi connectivity index (χ3n) is 5.76. The van der Waals surface area contributed by atoms with Crippen molar-refractivity contribution < 1.29 is 32.2 Å². The van der Waals surface area contributed by atoms with Gasteiger partial charge in [0.2, 0.25) is 5.91 Å². The Labute approximate surface area is 173 Å². The van der Waals surface area contributed by atoms with Crippen LogP contribution in [0.4, 0.5) is 13.2 Å². The van der Waals surface area contributed by atoms with Crippen molar-refractivity contribution in [3.63, 3.8) is 0 Å². The van der Waals surface area contributed by atoms with Crippen molar-refractivity contribution in [2.24, 2.45) is 5.92 Å². The highest BCUT2D eigenvalue weighted by molar-refractivity contribution is 5.98. The van der Waals surface area contributed by atoms with Crippen LogP contribution in [-0.2, 0) is 20.4 Å². The summed E-state index contributed by atoms with van der Waals surface area (Å²) in [4.78, 5) is 27.6. The number of nitrogens with one attached hydrogen (secondary N) is 1. The number of ether oxygens (including phenoxy) is 2. The summed E-state index contributed by atoms with van der Waals surface area (Å²) in [5.74, 6) is -0.757. The van der Waals surface area contributed by atoms with Gasteiger partial charge in [-0.05, 0) is 43.4 Å². The number of hydrogen-bond acceptors (Lipinski definition) is 4. The third kappa shape index (κ3) is 4.62. The van der Waals surface area contributed by atoms with E-state index in [1.54, 1.807) is 0 Å². The normalized spacial score (nSPS) is 26.8. The van der Waals surface area contributed by atoms with Gasteiger partial charge in [0.15, 0.2) is 0 Å². The maximum absolute atomic E-state index is 13.4. The first-order valence-electron chi connectivity index (χ1n) is 10.1. The molecule has 0 radical (unpaired) electrons. The first-order chi connectivity index (χ1) is 14.2. The fourth-order valence-corrected chi connectivity index (χ4v) is 4.37. The van der Waals surface area contributed by atoms with E-state index in [9.17, 15) is 22.8 Å². The number of carbonyl (C=O) groups is 2. The van der Waals surface area contributed by atoms with Gasteiger partial charge < -0.3 is 14.8 Å². The first-order valence-corrected chi connectivity index (χ1v) is 10.1. The van der Waals surface area contributed by atoms with Crippen LogP contribution < -0.4 is 5.32 Å². The SMILES string of the molecule is COCCNC(=O)[C@@H]1CO[C@]2(CCC[C@@H](C)C2)N1C(=O)c1cccc(C(F)(F)F)c1. The predicted molar refractivity (Wildman–Crippen MR) is 103 cm³/mol. The van der Waals surface area contributed by atoms with E-state index in [-0.39, 0.29) is 24.6 Å². The minimum absolute atomic E-state index is 0.0102. The molecule has 1 N–H and O–H groups in total. The van der Waals surface area contributed by atoms with E-state index in [0.29, 0.717) is 19.4 Å². The van der Waals surface area contributed by atoms with E-state index in [4.69, 9.17) is 9.47 Å².